The summed E-state index contributed by atoms with van der Waals surface area (Å²) in [7, 11) is -3.60. The second-order valence-corrected chi connectivity index (χ2v) is 12.2. The van der Waals surface area contributed by atoms with Crippen molar-refractivity contribution in [3.63, 3.8) is 0 Å². The third-order valence-electron chi connectivity index (χ3n) is 6.97. The van der Waals surface area contributed by atoms with Gasteiger partial charge in [0.2, 0.25) is 15.9 Å². The fourth-order valence-electron chi connectivity index (χ4n) is 5.32. The Labute approximate surface area is 197 Å². The summed E-state index contributed by atoms with van der Waals surface area (Å²) in [5.41, 5.74) is 1.85. The summed E-state index contributed by atoms with van der Waals surface area (Å²) in [5, 5.41) is 5.80. The minimum atomic E-state index is -3.60. The second-order valence-electron chi connectivity index (χ2n) is 9.11. The lowest BCUT2D eigenvalue weighted by Gasteiger charge is -2.19. The van der Waals surface area contributed by atoms with E-state index in [0.29, 0.717) is 23.7 Å². The number of hydrogen-bond acceptors (Lipinski definition) is 5. The van der Waals surface area contributed by atoms with Gasteiger partial charge in [0.05, 0.1) is 9.77 Å². The molecule has 2 aromatic rings. The van der Waals surface area contributed by atoms with Crippen LogP contribution in [-0.4, -0.2) is 43.7 Å². The maximum atomic E-state index is 13.2. The van der Waals surface area contributed by atoms with Gasteiger partial charge in [-0.3, -0.25) is 9.59 Å². The highest BCUT2D eigenvalue weighted by Crippen LogP contribution is 2.40. The molecule has 5 rings (SSSR count). The quantitative estimate of drug-likeness (QED) is 0.615. The van der Waals surface area contributed by atoms with Crippen LogP contribution in [-0.2, 0) is 27.7 Å². The normalized spacial score (nSPS) is 24.3. The molecule has 9 heteroatoms. The van der Waals surface area contributed by atoms with E-state index in [0.717, 1.165) is 32.1 Å². The Morgan fingerprint density at radius 2 is 1.79 bits per heavy atom. The van der Waals surface area contributed by atoms with E-state index in [1.165, 1.54) is 16.5 Å². The zero-order valence-electron chi connectivity index (χ0n) is 18.2. The summed E-state index contributed by atoms with van der Waals surface area (Å²) in [6, 6.07) is 8.45. The third kappa shape index (κ3) is 4.37. The number of nitrogens with one attached hydrogen (secondary N) is 2. The Hall–Kier alpha value is -2.49. The molecule has 1 saturated heterocycles. The molecular weight excluding hydrogens is 458 g/mol. The Kier molecular flexibility index (Phi) is 5.88. The van der Waals surface area contributed by atoms with Gasteiger partial charge in [-0.15, -0.1) is 11.3 Å². The van der Waals surface area contributed by atoms with Crippen LogP contribution >= 0.6 is 11.3 Å². The van der Waals surface area contributed by atoms with Crippen LogP contribution in [0.4, 0.5) is 5.69 Å². The van der Waals surface area contributed by atoms with Crippen molar-refractivity contribution < 1.29 is 18.0 Å². The van der Waals surface area contributed by atoms with E-state index < -0.39 is 10.0 Å². The van der Waals surface area contributed by atoms with E-state index in [9.17, 15) is 18.0 Å². The van der Waals surface area contributed by atoms with Crippen LogP contribution in [0.3, 0.4) is 0 Å². The van der Waals surface area contributed by atoms with Crippen LogP contribution in [0, 0.1) is 11.8 Å². The van der Waals surface area contributed by atoms with Crippen molar-refractivity contribution >= 4 is 38.9 Å². The molecule has 0 bridgehead atoms. The topological polar surface area (TPSA) is 95.6 Å². The first-order valence-electron chi connectivity index (χ1n) is 11.3. The van der Waals surface area contributed by atoms with E-state index in [4.69, 9.17) is 0 Å². The van der Waals surface area contributed by atoms with Crippen LogP contribution in [0.1, 0.15) is 39.4 Å². The predicted octanol–water partition coefficient (Wildman–Crippen LogP) is 3.19. The molecule has 0 radical (unpaired) electrons. The lowest BCUT2D eigenvalue weighted by Crippen LogP contribution is -2.35. The lowest BCUT2D eigenvalue weighted by atomic mass is 10.0. The molecule has 0 spiro atoms. The first kappa shape index (κ1) is 22.3. The molecule has 1 saturated carbocycles. The van der Waals surface area contributed by atoms with Crippen molar-refractivity contribution in [2.45, 2.75) is 43.0 Å². The van der Waals surface area contributed by atoms with Gasteiger partial charge in [0, 0.05) is 29.7 Å². The van der Waals surface area contributed by atoms with Gasteiger partial charge in [0.25, 0.3) is 5.91 Å². The molecule has 1 aromatic carbocycles. The van der Waals surface area contributed by atoms with Gasteiger partial charge in [0.15, 0.2) is 0 Å². The van der Waals surface area contributed by atoms with Gasteiger partial charge < -0.3 is 10.6 Å². The summed E-state index contributed by atoms with van der Waals surface area (Å²) in [6.45, 7) is 4.41. The van der Waals surface area contributed by atoms with Crippen molar-refractivity contribution in [2.24, 2.45) is 11.8 Å². The highest BCUT2D eigenvalue weighted by atomic mass is 32.2. The number of sulfonamides is 1. The SMILES string of the molecule is C=CC(=O)NC1CC2CN(S(=O)(=O)c3ccc(NC(=O)c4cc5c(s4)CCC5)cc3)CC2C1. The van der Waals surface area contributed by atoms with Gasteiger partial charge in [-0.05, 0) is 85.9 Å². The minimum Gasteiger partial charge on any atom is -0.350 e. The molecule has 2 aliphatic carbocycles. The predicted molar refractivity (Wildman–Crippen MR) is 128 cm³/mol. The molecule has 33 heavy (non-hydrogen) atoms. The van der Waals surface area contributed by atoms with E-state index >= 15 is 0 Å². The van der Waals surface area contributed by atoms with Crippen LogP contribution in [0.25, 0.3) is 0 Å². The maximum absolute atomic E-state index is 13.2. The van der Waals surface area contributed by atoms with Crippen molar-refractivity contribution in [1.82, 2.24) is 9.62 Å². The standard InChI is InChI=1S/C24H27N3O4S2/c1-2-23(28)25-19-10-16-13-27(14-17(16)11-19)33(30,31)20-8-6-18(7-9-20)26-24(29)22-12-15-4-3-5-21(15)32-22/h2,6-9,12,16-17,19H,1,3-5,10-11,13-14H2,(H,25,28)(H,26,29). The fourth-order valence-corrected chi connectivity index (χ4v) is 8.03. The maximum Gasteiger partial charge on any atom is 0.265 e. The first-order valence-corrected chi connectivity index (χ1v) is 13.5. The summed E-state index contributed by atoms with van der Waals surface area (Å²) in [6.07, 6.45) is 6.07. The van der Waals surface area contributed by atoms with Crippen molar-refractivity contribution in [3.05, 3.63) is 58.3 Å². The lowest BCUT2D eigenvalue weighted by molar-refractivity contribution is -0.117. The number of aryl methyl sites for hydroxylation is 2. The summed E-state index contributed by atoms with van der Waals surface area (Å²) in [5.74, 6) is 0.164. The number of hydrogen-bond donors (Lipinski definition) is 2. The molecule has 7 nitrogen and oxygen atoms in total. The zero-order chi connectivity index (χ0) is 23.2. The molecule has 2 atom stereocenters. The Balaban J connectivity index is 1.20. The van der Waals surface area contributed by atoms with E-state index in [1.54, 1.807) is 39.9 Å². The molecule has 2 amide bonds. The average Bonchev–Trinajstić information content (AvgIpc) is 3.54. The summed E-state index contributed by atoms with van der Waals surface area (Å²) >= 11 is 1.54. The van der Waals surface area contributed by atoms with E-state index in [2.05, 4.69) is 17.2 Å². The zero-order valence-corrected chi connectivity index (χ0v) is 19.9. The number of carbonyl (C=O) groups excluding carboxylic acids is 2. The van der Waals surface area contributed by atoms with Crippen molar-refractivity contribution in [2.75, 3.05) is 18.4 Å². The van der Waals surface area contributed by atoms with Crippen molar-refractivity contribution in [1.29, 1.82) is 0 Å². The van der Waals surface area contributed by atoms with Crippen molar-refractivity contribution in [3.8, 4) is 0 Å². The fraction of sp³-hybridized carbons (Fsp3) is 0.417. The van der Waals surface area contributed by atoms with Crippen LogP contribution in [0.2, 0.25) is 0 Å². The molecular formula is C24H27N3O4S2. The first-order chi connectivity index (χ1) is 15.8. The molecule has 2 fully saturated rings. The highest BCUT2D eigenvalue weighted by Gasteiger charge is 2.45. The second kappa shape index (κ2) is 8.70. The molecule has 3 aliphatic rings. The Morgan fingerprint density at radius 3 is 2.42 bits per heavy atom. The van der Waals surface area contributed by atoms with Crippen LogP contribution < -0.4 is 10.6 Å². The molecule has 174 valence electrons. The number of nitrogens with zero attached hydrogens (tertiary/aromatic N) is 1. The molecule has 2 heterocycles. The number of rotatable bonds is 6. The summed E-state index contributed by atoms with van der Waals surface area (Å²) in [4.78, 5) is 26.3. The van der Waals surface area contributed by atoms with Gasteiger partial charge in [-0.25, -0.2) is 8.42 Å². The largest absolute Gasteiger partial charge is 0.350 e. The number of carbonyl (C=O) groups is 2. The van der Waals surface area contributed by atoms with Crippen LogP contribution in [0.15, 0.2) is 47.9 Å². The number of fused-ring (bicyclic) bond motifs is 2. The van der Waals surface area contributed by atoms with Gasteiger partial charge in [-0.1, -0.05) is 6.58 Å². The monoisotopic (exact) mass is 485 g/mol. The molecule has 1 aromatic heterocycles. The number of benzene rings is 1. The minimum absolute atomic E-state index is 0.0859. The number of anilines is 1. The van der Waals surface area contributed by atoms with E-state index in [-0.39, 0.29) is 34.6 Å². The Bertz CT molecular complexity index is 1170. The van der Waals surface area contributed by atoms with Gasteiger partial charge >= 0.3 is 0 Å². The summed E-state index contributed by atoms with van der Waals surface area (Å²) < 4.78 is 27.9. The van der Waals surface area contributed by atoms with E-state index in [1.807, 2.05) is 6.07 Å². The van der Waals surface area contributed by atoms with Gasteiger partial charge in [-0.2, -0.15) is 4.31 Å². The molecule has 2 N–H and O–H groups in total. The molecule has 2 unspecified atom stereocenters. The average molecular weight is 486 g/mol. The smallest absolute Gasteiger partial charge is 0.265 e. The third-order valence-corrected chi connectivity index (χ3v) is 10.1. The van der Waals surface area contributed by atoms with Crippen LogP contribution in [0.5, 0.6) is 0 Å². The number of amides is 2. The highest BCUT2D eigenvalue weighted by molar-refractivity contribution is 7.89. The van der Waals surface area contributed by atoms with Gasteiger partial charge in [0.1, 0.15) is 0 Å². The Morgan fingerprint density at radius 1 is 1.09 bits per heavy atom. The number of thiophene rings is 1. The molecule has 1 aliphatic heterocycles.